The number of H-pyrrole nitrogens is 1. The Morgan fingerprint density at radius 1 is 1.02 bits per heavy atom. The number of nitrogens with one attached hydrogen (secondary N) is 3. The van der Waals surface area contributed by atoms with Gasteiger partial charge in [0.1, 0.15) is 18.1 Å². The van der Waals surface area contributed by atoms with Crippen LogP contribution >= 0.6 is 8.25 Å². The maximum Gasteiger partial charge on any atom is 0.491 e. The highest BCUT2D eigenvalue weighted by atomic mass is 31.1. The third-order valence-corrected chi connectivity index (χ3v) is 16.7. The van der Waals surface area contributed by atoms with Gasteiger partial charge in [0.25, 0.3) is 25.6 Å². The first-order valence-electron chi connectivity index (χ1n) is 20.7. The third-order valence-electron chi connectivity index (χ3n) is 11.2. The van der Waals surface area contributed by atoms with E-state index in [9.17, 15) is 24.2 Å². The molecule has 1 amide bonds. The Labute approximate surface area is 356 Å². The molecule has 4 N–H and O–H groups in total. The predicted octanol–water partition coefficient (Wildman–Crippen LogP) is 2.97. The van der Waals surface area contributed by atoms with Gasteiger partial charge in [-0.1, -0.05) is 99.6 Å². The number of ether oxygens (including phenoxy) is 2. The molecule has 61 heavy (non-hydrogen) atoms. The van der Waals surface area contributed by atoms with Crippen LogP contribution in [0.5, 0.6) is 5.75 Å². The number of aliphatic hydroxyl groups is 1. The van der Waals surface area contributed by atoms with E-state index in [1.54, 1.807) is 29.2 Å². The number of aromatic amines is 1. The van der Waals surface area contributed by atoms with Crippen LogP contribution in [-0.2, 0) is 23.0 Å². The molecule has 322 valence electrons. The number of nitrogens with zero attached hydrogens (tertiary/aromatic N) is 4. The number of hydrogen-bond donors (Lipinski definition) is 4. The van der Waals surface area contributed by atoms with Crippen molar-refractivity contribution >= 4 is 55.8 Å². The van der Waals surface area contributed by atoms with E-state index in [0.29, 0.717) is 5.75 Å². The summed E-state index contributed by atoms with van der Waals surface area (Å²) in [6.45, 7) is 9.45. The smallest absolute Gasteiger partial charge is 0.491 e. The first-order chi connectivity index (χ1) is 29.4. The predicted molar refractivity (Wildman–Crippen MR) is 231 cm³/mol. The number of rotatable bonds is 12. The Balaban J connectivity index is 0.000000439. The van der Waals surface area contributed by atoms with E-state index in [1.165, 1.54) is 61.9 Å². The quantitative estimate of drug-likeness (QED) is 0.0815. The van der Waals surface area contributed by atoms with Gasteiger partial charge in [-0.05, 0) is 51.4 Å². The van der Waals surface area contributed by atoms with Crippen LogP contribution in [0.3, 0.4) is 0 Å². The topological polar surface area (TPSA) is 207 Å². The lowest BCUT2D eigenvalue weighted by Gasteiger charge is -2.43. The fourth-order valence-electron chi connectivity index (χ4n) is 8.37. The standard InChI is InChI=1S/C34H36N5O9PSi.C9H16N2/c1-33(2,3)50(24-15-9-5-10-16-24,25-17-11-6-12-18-25)46-20-26-34(42,48-49(43)44)19-28(47-26)39-22-35-29-30(39)37-32(38-31(29)41)36-27(40)21-45-23-13-7-4-8-14-23;1-2-5-9-10-6-4-8-11(9)7-3-1/h4-18,22,26,28,42H,19-21H2,1-3H3,(H2,36,37,38,40,41);1-8H2/p+1/t26-,28-,34-;/m1./s1. The lowest BCUT2D eigenvalue weighted by molar-refractivity contribution is -0.809. The normalized spacial score (nSPS) is 22.0. The molecule has 2 saturated heterocycles. The number of imidazole rings is 1. The number of anilines is 1. The number of para-hydroxylation sites is 1. The Morgan fingerprint density at radius 3 is 2.33 bits per heavy atom. The number of quaternary nitrogens is 1. The lowest BCUT2D eigenvalue weighted by Crippen LogP contribution is -3.15. The van der Waals surface area contributed by atoms with Gasteiger partial charge in [-0.2, -0.15) is 4.98 Å². The molecule has 0 spiro atoms. The molecule has 16 nitrogen and oxygen atoms in total. The van der Waals surface area contributed by atoms with E-state index < -0.39 is 51.2 Å². The average molecular weight is 871 g/mol. The summed E-state index contributed by atoms with van der Waals surface area (Å²) in [5.41, 5.74) is -0.703. The molecule has 18 heteroatoms. The van der Waals surface area contributed by atoms with Crippen LogP contribution in [0.2, 0.25) is 5.04 Å². The van der Waals surface area contributed by atoms with E-state index in [-0.39, 0.29) is 36.7 Å². The molecule has 3 aromatic carbocycles. The van der Waals surface area contributed by atoms with E-state index in [0.717, 1.165) is 16.9 Å². The van der Waals surface area contributed by atoms with Gasteiger partial charge >= 0.3 is 8.25 Å². The van der Waals surface area contributed by atoms with Crippen molar-refractivity contribution in [2.75, 3.05) is 38.2 Å². The monoisotopic (exact) mass is 870 g/mol. The number of carbonyl (C=O) groups is 1. The summed E-state index contributed by atoms with van der Waals surface area (Å²) in [5.74, 6) is -1.13. The van der Waals surface area contributed by atoms with Crippen molar-refractivity contribution in [2.24, 2.45) is 4.99 Å². The van der Waals surface area contributed by atoms with E-state index >= 15 is 0 Å². The number of hydrogen-bond acceptors (Lipinski definition) is 12. The van der Waals surface area contributed by atoms with Crippen molar-refractivity contribution in [3.8, 4) is 5.75 Å². The maximum atomic E-state index is 12.9. The number of aromatic nitrogens is 4. The largest absolute Gasteiger partial charge is 0.566 e. The minimum Gasteiger partial charge on any atom is -0.566 e. The summed E-state index contributed by atoms with van der Waals surface area (Å²) < 4.78 is 37.1. The van der Waals surface area contributed by atoms with Crippen LogP contribution in [0.4, 0.5) is 5.95 Å². The van der Waals surface area contributed by atoms with Crippen molar-refractivity contribution < 1.29 is 42.7 Å². The zero-order chi connectivity index (χ0) is 43.0. The van der Waals surface area contributed by atoms with Crippen LogP contribution in [0.1, 0.15) is 65.5 Å². The molecule has 2 fully saturated rings. The second-order valence-corrected chi connectivity index (χ2v) is 21.3. The minimum absolute atomic E-state index is 0.0143. The molecule has 2 unspecified atom stereocenters. The summed E-state index contributed by atoms with van der Waals surface area (Å²) in [5, 5.41) is 15.7. The van der Waals surface area contributed by atoms with Crippen molar-refractivity contribution in [3.63, 3.8) is 0 Å². The molecule has 3 aliphatic rings. The summed E-state index contributed by atoms with van der Waals surface area (Å²) in [6, 6.07) is 28.3. The average Bonchev–Trinajstić information content (AvgIpc) is 3.71. The second-order valence-electron chi connectivity index (χ2n) is 16.4. The highest BCUT2D eigenvalue weighted by Gasteiger charge is 2.57. The number of benzene rings is 3. The molecule has 0 aliphatic carbocycles. The van der Waals surface area contributed by atoms with Crippen LogP contribution in [-0.4, -0.2) is 89.4 Å². The second kappa shape index (κ2) is 19.4. The molecule has 0 bridgehead atoms. The van der Waals surface area contributed by atoms with Gasteiger partial charge in [-0.15, -0.1) is 4.52 Å². The van der Waals surface area contributed by atoms with Crippen molar-refractivity contribution in [1.82, 2.24) is 19.5 Å². The zero-order valence-electron chi connectivity index (χ0n) is 34.6. The molecule has 5 heterocycles. The molecule has 5 atom stereocenters. The van der Waals surface area contributed by atoms with Crippen molar-refractivity contribution in [1.29, 1.82) is 0 Å². The van der Waals surface area contributed by atoms with Gasteiger partial charge in [0, 0.05) is 19.4 Å². The zero-order valence-corrected chi connectivity index (χ0v) is 36.5. The molecule has 2 aromatic heterocycles. The molecule has 5 aromatic rings. The number of amidine groups is 1. The minimum atomic E-state index is -3.52. The van der Waals surface area contributed by atoms with Crippen LogP contribution in [0.15, 0.2) is 107 Å². The van der Waals surface area contributed by atoms with Gasteiger partial charge in [0.05, 0.1) is 32.4 Å². The summed E-state index contributed by atoms with van der Waals surface area (Å²) in [4.78, 5) is 54.7. The summed E-state index contributed by atoms with van der Waals surface area (Å²) >= 11 is 0. The van der Waals surface area contributed by atoms with Gasteiger partial charge in [-0.3, -0.25) is 29.4 Å². The first-order valence-corrected chi connectivity index (χ1v) is 23.7. The fourth-order valence-corrected chi connectivity index (χ4v) is 13.4. The van der Waals surface area contributed by atoms with E-state index in [4.69, 9.17) is 18.4 Å². The lowest BCUT2D eigenvalue weighted by atomic mass is 10.1. The maximum absolute atomic E-state index is 12.9. The van der Waals surface area contributed by atoms with Crippen LogP contribution in [0, 0.1) is 0 Å². The number of aliphatic imine (C=N–C) groups is 1. The third kappa shape index (κ3) is 10.2. The Kier molecular flexibility index (Phi) is 14.0. The van der Waals surface area contributed by atoms with Gasteiger partial charge < -0.3 is 23.9 Å². The van der Waals surface area contributed by atoms with Gasteiger partial charge in [0.2, 0.25) is 5.95 Å². The van der Waals surface area contributed by atoms with Gasteiger partial charge in [-0.25, -0.2) is 9.98 Å². The molecule has 3 aliphatic heterocycles. The van der Waals surface area contributed by atoms with E-state index in [2.05, 4.69) is 46.0 Å². The highest BCUT2D eigenvalue weighted by molar-refractivity contribution is 7.30. The van der Waals surface area contributed by atoms with Gasteiger partial charge in [0.15, 0.2) is 23.6 Å². The molecule has 0 saturated carbocycles. The molecular weight excluding hydrogens is 818 g/mol. The number of carbonyl (C=O) groups excluding carboxylic acids is 1. The molecular formula is C43H53N7O9PSi+. The first kappa shape index (κ1) is 44.1. The number of amides is 1. The highest BCUT2D eigenvalue weighted by Crippen LogP contribution is 2.44. The SMILES string of the molecule is C1CCC2=NCCC[NH+]2CC1.CC(C)(C)[Si](OC[C@H]1O[C@@H](n2cnc3c(=O)[nH]c(NC(=O)COc4ccccc4)nc32)C[C@@]1(O)O[P+](=O)[O-])(c1ccccc1)c1ccccc1. The number of fused-ring (bicyclic) bond motifs is 2. The molecule has 0 radical (unpaired) electrons. The van der Waals surface area contributed by atoms with E-state index in [1.807, 2.05) is 66.7 Å². The fraction of sp³-hybridized carbons (Fsp3) is 0.419. The summed E-state index contributed by atoms with van der Waals surface area (Å²) in [7, 11) is -6.65. The molecule has 8 rings (SSSR count). The Bertz CT molecular complexity index is 2320. The van der Waals surface area contributed by atoms with Crippen molar-refractivity contribution in [2.45, 2.75) is 82.5 Å². The van der Waals surface area contributed by atoms with Crippen molar-refractivity contribution in [3.05, 3.63) is 108 Å². The van der Waals surface area contributed by atoms with Crippen LogP contribution in [0.25, 0.3) is 11.2 Å². The Hall–Kier alpha value is -4.97. The summed E-state index contributed by atoms with van der Waals surface area (Å²) in [6.07, 6.45) is 5.30. The Morgan fingerprint density at radius 2 is 1.67 bits per heavy atom. The van der Waals surface area contributed by atoms with Crippen LogP contribution < -0.4 is 35.8 Å².